The highest BCUT2D eigenvalue weighted by molar-refractivity contribution is 6.07. The second-order valence-corrected chi connectivity index (χ2v) is 6.03. The van der Waals surface area contributed by atoms with Crippen molar-refractivity contribution in [3.8, 4) is 11.1 Å². The number of anilines is 1. The van der Waals surface area contributed by atoms with Gasteiger partial charge in [-0.15, -0.1) is 0 Å². The molecule has 0 saturated heterocycles. The number of nitrogens with one attached hydrogen (secondary N) is 1. The summed E-state index contributed by atoms with van der Waals surface area (Å²) < 4.78 is 29.5. The lowest BCUT2D eigenvalue weighted by Gasteiger charge is -2.12. The second kappa shape index (κ2) is 7.99. The summed E-state index contributed by atoms with van der Waals surface area (Å²) in [6, 6.07) is 11.5. The minimum absolute atomic E-state index is 0.130. The van der Waals surface area contributed by atoms with Crippen molar-refractivity contribution in [2.45, 2.75) is 6.92 Å². The summed E-state index contributed by atoms with van der Waals surface area (Å²) >= 11 is 0. The van der Waals surface area contributed by atoms with E-state index in [-0.39, 0.29) is 16.8 Å². The molecule has 0 saturated carbocycles. The van der Waals surface area contributed by atoms with Crippen LogP contribution in [0.4, 0.5) is 14.5 Å². The molecule has 0 aliphatic heterocycles. The number of nitrogens with zero attached hydrogens (tertiary/aromatic N) is 3. The standard InChI is InChI=1S/C20H18F2N4O2/c1-12-18(19(22)26(2)25-12)20(27)24-17-7-5-4-6-15(17)13-8-9-14(11-23-28-3)16(21)10-13/h4-11H,1-3H3,(H,24,27). The number of amides is 1. The van der Waals surface area contributed by atoms with Gasteiger partial charge in [0.05, 0.1) is 11.9 Å². The minimum atomic E-state index is -0.722. The highest BCUT2D eigenvalue weighted by Gasteiger charge is 2.21. The fraction of sp³-hybridized carbons (Fsp3) is 0.150. The largest absolute Gasteiger partial charge is 0.399 e. The van der Waals surface area contributed by atoms with Crippen LogP contribution in [0.15, 0.2) is 47.6 Å². The Kier molecular flexibility index (Phi) is 5.49. The highest BCUT2D eigenvalue weighted by Crippen LogP contribution is 2.29. The van der Waals surface area contributed by atoms with E-state index in [1.807, 2.05) is 0 Å². The van der Waals surface area contributed by atoms with Gasteiger partial charge in [-0.25, -0.2) is 9.07 Å². The molecule has 0 radical (unpaired) electrons. The lowest BCUT2D eigenvalue weighted by Crippen LogP contribution is -2.15. The Morgan fingerprint density at radius 2 is 2.00 bits per heavy atom. The molecular formula is C20H18F2N4O2. The zero-order valence-corrected chi connectivity index (χ0v) is 15.5. The average molecular weight is 384 g/mol. The van der Waals surface area contributed by atoms with Crippen LogP contribution in [0, 0.1) is 18.7 Å². The minimum Gasteiger partial charge on any atom is -0.399 e. The van der Waals surface area contributed by atoms with Crippen LogP contribution < -0.4 is 5.32 Å². The molecule has 8 heteroatoms. The van der Waals surface area contributed by atoms with Gasteiger partial charge in [0.15, 0.2) is 0 Å². The number of aryl methyl sites for hydroxylation is 2. The summed E-state index contributed by atoms with van der Waals surface area (Å²) in [7, 11) is 2.79. The summed E-state index contributed by atoms with van der Waals surface area (Å²) in [6.07, 6.45) is 1.26. The number of oxime groups is 1. The number of para-hydroxylation sites is 1. The predicted octanol–water partition coefficient (Wildman–Crippen LogP) is 3.91. The average Bonchev–Trinajstić information content (AvgIpc) is 2.93. The van der Waals surface area contributed by atoms with Crippen molar-refractivity contribution in [2.75, 3.05) is 12.4 Å². The van der Waals surface area contributed by atoms with E-state index >= 15 is 0 Å². The molecule has 0 aliphatic rings. The van der Waals surface area contributed by atoms with Crippen LogP contribution in [0.3, 0.4) is 0 Å². The van der Waals surface area contributed by atoms with Crippen LogP contribution in [0.2, 0.25) is 0 Å². The number of hydrogen-bond donors (Lipinski definition) is 1. The molecule has 2 aromatic carbocycles. The summed E-state index contributed by atoms with van der Waals surface area (Å²) in [6.45, 7) is 1.56. The maximum absolute atomic E-state index is 14.3. The van der Waals surface area contributed by atoms with Crippen molar-refractivity contribution >= 4 is 17.8 Å². The molecular weight excluding hydrogens is 366 g/mol. The fourth-order valence-electron chi connectivity index (χ4n) is 2.83. The van der Waals surface area contributed by atoms with Gasteiger partial charge in [-0.05, 0) is 30.7 Å². The first-order valence-corrected chi connectivity index (χ1v) is 8.38. The normalized spacial score (nSPS) is 11.0. The number of rotatable bonds is 5. The topological polar surface area (TPSA) is 68.5 Å². The maximum Gasteiger partial charge on any atom is 0.262 e. The van der Waals surface area contributed by atoms with Crippen LogP contribution >= 0.6 is 0 Å². The molecule has 3 aromatic rings. The Morgan fingerprint density at radius 1 is 1.25 bits per heavy atom. The Bertz CT molecular complexity index is 1060. The highest BCUT2D eigenvalue weighted by atomic mass is 19.1. The number of hydrogen-bond acceptors (Lipinski definition) is 4. The molecule has 0 aliphatic carbocycles. The molecule has 28 heavy (non-hydrogen) atoms. The van der Waals surface area contributed by atoms with Gasteiger partial charge in [-0.2, -0.15) is 9.49 Å². The van der Waals surface area contributed by atoms with E-state index in [1.54, 1.807) is 43.3 Å². The molecule has 1 N–H and O–H groups in total. The maximum atomic E-state index is 14.3. The van der Waals surface area contributed by atoms with E-state index in [9.17, 15) is 13.6 Å². The third kappa shape index (κ3) is 3.75. The van der Waals surface area contributed by atoms with E-state index in [0.717, 1.165) is 4.68 Å². The third-order valence-corrected chi connectivity index (χ3v) is 4.16. The summed E-state index contributed by atoms with van der Waals surface area (Å²) in [5.41, 5.74) is 1.98. The van der Waals surface area contributed by atoms with Crippen molar-refractivity contribution < 1.29 is 18.4 Å². The molecule has 0 atom stereocenters. The van der Waals surface area contributed by atoms with Crippen LogP contribution in [-0.4, -0.2) is 29.0 Å². The van der Waals surface area contributed by atoms with Crippen molar-refractivity contribution in [1.82, 2.24) is 9.78 Å². The lowest BCUT2D eigenvalue weighted by atomic mass is 10.0. The SMILES string of the molecule is CON=Cc1ccc(-c2ccccc2NC(=O)c2c(C)nn(C)c2F)cc1F. The van der Waals surface area contributed by atoms with Gasteiger partial charge >= 0.3 is 0 Å². The first kappa shape index (κ1) is 19.2. The van der Waals surface area contributed by atoms with E-state index in [0.29, 0.717) is 16.8 Å². The molecule has 0 spiro atoms. The van der Waals surface area contributed by atoms with Gasteiger partial charge in [0, 0.05) is 23.9 Å². The quantitative estimate of drug-likeness (QED) is 0.536. The van der Waals surface area contributed by atoms with Gasteiger partial charge in [-0.3, -0.25) is 4.79 Å². The molecule has 0 unspecified atom stereocenters. The number of carbonyl (C=O) groups excluding carboxylic acids is 1. The van der Waals surface area contributed by atoms with Gasteiger partial charge < -0.3 is 10.2 Å². The van der Waals surface area contributed by atoms with Crippen molar-refractivity contribution in [3.05, 3.63) is 71.1 Å². The Labute approximate surface area is 160 Å². The molecule has 1 aromatic heterocycles. The number of benzene rings is 2. The number of carbonyl (C=O) groups is 1. The zero-order valence-electron chi connectivity index (χ0n) is 15.5. The van der Waals surface area contributed by atoms with Gasteiger partial charge in [0.2, 0.25) is 5.95 Å². The van der Waals surface area contributed by atoms with Crippen LogP contribution in [0.5, 0.6) is 0 Å². The summed E-state index contributed by atoms with van der Waals surface area (Å²) in [5.74, 6) is -1.84. The molecule has 144 valence electrons. The van der Waals surface area contributed by atoms with Crippen molar-refractivity contribution in [3.63, 3.8) is 0 Å². The van der Waals surface area contributed by atoms with E-state index in [1.165, 1.54) is 26.4 Å². The van der Waals surface area contributed by atoms with Crippen LogP contribution in [0.1, 0.15) is 21.6 Å². The molecule has 3 rings (SSSR count). The first-order chi connectivity index (χ1) is 13.4. The lowest BCUT2D eigenvalue weighted by molar-refractivity contribution is 0.102. The number of aromatic nitrogens is 2. The van der Waals surface area contributed by atoms with Crippen LogP contribution in [0.25, 0.3) is 11.1 Å². The Balaban J connectivity index is 1.95. The fourth-order valence-corrected chi connectivity index (χ4v) is 2.83. The smallest absolute Gasteiger partial charge is 0.262 e. The Hall–Kier alpha value is -3.55. The predicted molar refractivity (Wildman–Crippen MR) is 102 cm³/mol. The van der Waals surface area contributed by atoms with Crippen molar-refractivity contribution in [1.29, 1.82) is 0 Å². The van der Waals surface area contributed by atoms with Gasteiger partial charge in [0.1, 0.15) is 18.5 Å². The molecule has 0 fully saturated rings. The molecule has 1 amide bonds. The molecule has 0 bridgehead atoms. The monoisotopic (exact) mass is 384 g/mol. The second-order valence-electron chi connectivity index (χ2n) is 6.03. The molecule has 6 nitrogen and oxygen atoms in total. The van der Waals surface area contributed by atoms with Gasteiger partial charge in [0.25, 0.3) is 5.91 Å². The first-order valence-electron chi connectivity index (χ1n) is 8.38. The summed E-state index contributed by atoms with van der Waals surface area (Å²) in [5, 5.41) is 10.1. The zero-order chi connectivity index (χ0) is 20.3. The van der Waals surface area contributed by atoms with Crippen LogP contribution in [-0.2, 0) is 11.9 Å². The third-order valence-electron chi connectivity index (χ3n) is 4.16. The molecule has 1 heterocycles. The summed E-state index contributed by atoms with van der Waals surface area (Å²) in [4.78, 5) is 17.1. The Morgan fingerprint density at radius 3 is 2.64 bits per heavy atom. The van der Waals surface area contributed by atoms with Crippen molar-refractivity contribution in [2.24, 2.45) is 12.2 Å². The van der Waals surface area contributed by atoms with Gasteiger partial charge in [-0.1, -0.05) is 29.4 Å². The number of halogens is 2. The van der Waals surface area contributed by atoms with E-state index in [2.05, 4.69) is 20.4 Å². The van der Waals surface area contributed by atoms with E-state index < -0.39 is 17.7 Å². The van der Waals surface area contributed by atoms with E-state index in [4.69, 9.17) is 0 Å².